The number of amides is 1. The predicted octanol–water partition coefficient (Wildman–Crippen LogP) is 2.20. The fraction of sp³-hybridized carbons (Fsp3) is 0.300. The lowest BCUT2D eigenvalue weighted by molar-refractivity contribution is -0.127. The van der Waals surface area contributed by atoms with E-state index in [0.717, 1.165) is 0 Å². The first-order chi connectivity index (χ1) is 6.79. The Bertz CT molecular complexity index is 385. The molecule has 0 saturated carbocycles. The van der Waals surface area contributed by atoms with E-state index in [1.807, 2.05) is 0 Å². The summed E-state index contributed by atoms with van der Waals surface area (Å²) in [4.78, 5) is 10.9. The highest BCUT2D eigenvalue weighted by molar-refractivity contribution is 5.94. The van der Waals surface area contributed by atoms with E-state index in [4.69, 9.17) is 5.73 Å². The molecule has 0 atom stereocenters. The van der Waals surface area contributed by atoms with Crippen LogP contribution in [0.1, 0.15) is 21.5 Å². The monoisotopic (exact) mass is 217 g/mol. The van der Waals surface area contributed by atoms with Gasteiger partial charge >= 0.3 is 6.18 Å². The molecule has 0 heterocycles. The molecule has 1 aromatic rings. The molecule has 0 aliphatic rings. The zero-order chi connectivity index (χ0) is 11.6. The Kier molecular flexibility index (Phi) is 3.02. The number of nitrogens with two attached hydrogens (primary N) is 1. The average molecular weight is 217 g/mol. The molecule has 1 aromatic carbocycles. The maximum Gasteiger partial charge on any atom is 0.393 e. The number of aryl methyl sites for hydroxylation is 1. The summed E-state index contributed by atoms with van der Waals surface area (Å²) in [6.45, 7) is 1.66. The number of rotatable bonds is 2. The van der Waals surface area contributed by atoms with Crippen molar-refractivity contribution < 1.29 is 18.0 Å². The van der Waals surface area contributed by atoms with E-state index in [0.29, 0.717) is 5.56 Å². The second-order valence-corrected chi connectivity index (χ2v) is 3.32. The van der Waals surface area contributed by atoms with Crippen molar-refractivity contribution in [2.24, 2.45) is 5.73 Å². The standard InChI is InChI=1S/C10H10F3NO/c1-6-2-3-8(9(14)15)7(4-6)5-10(11,12)13/h2-4H,5H2,1H3,(H2,14,15). The molecule has 0 bridgehead atoms. The van der Waals surface area contributed by atoms with Crippen molar-refractivity contribution in [1.29, 1.82) is 0 Å². The van der Waals surface area contributed by atoms with E-state index >= 15 is 0 Å². The van der Waals surface area contributed by atoms with Gasteiger partial charge in [-0.25, -0.2) is 0 Å². The molecule has 0 spiro atoms. The van der Waals surface area contributed by atoms with E-state index in [2.05, 4.69) is 0 Å². The summed E-state index contributed by atoms with van der Waals surface area (Å²) in [6, 6.07) is 4.20. The van der Waals surface area contributed by atoms with Crippen molar-refractivity contribution in [1.82, 2.24) is 0 Å². The van der Waals surface area contributed by atoms with Gasteiger partial charge in [0.15, 0.2) is 0 Å². The van der Waals surface area contributed by atoms with E-state index in [1.54, 1.807) is 13.0 Å². The molecule has 0 radical (unpaired) electrons. The van der Waals surface area contributed by atoms with Gasteiger partial charge in [-0.05, 0) is 18.6 Å². The molecule has 82 valence electrons. The topological polar surface area (TPSA) is 43.1 Å². The zero-order valence-electron chi connectivity index (χ0n) is 8.06. The second-order valence-electron chi connectivity index (χ2n) is 3.32. The number of hydrogen-bond acceptors (Lipinski definition) is 1. The first-order valence-electron chi connectivity index (χ1n) is 4.25. The number of carbonyl (C=O) groups excluding carboxylic acids is 1. The van der Waals surface area contributed by atoms with Crippen molar-refractivity contribution in [3.05, 3.63) is 34.9 Å². The van der Waals surface area contributed by atoms with Crippen molar-refractivity contribution >= 4 is 5.91 Å². The number of benzene rings is 1. The van der Waals surface area contributed by atoms with Crippen molar-refractivity contribution in [3.63, 3.8) is 0 Å². The second kappa shape index (κ2) is 3.92. The first kappa shape index (κ1) is 11.6. The molecule has 5 heteroatoms. The van der Waals surface area contributed by atoms with E-state index in [-0.39, 0.29) is 11.1 Å². The fourth-order valence-corrected chi connectivity index (χ4v) is 1.33. The lowest BCUT2D eigenvalue weighted by Gasteiger charge is -2.10. The SMILES string of the molecule is Cc1ccc(C(N)=O)c(CC(F)(F)F)c1. The third kappa shape index (κ3) is 3.27. The zero-order valence-corrected chi connectivity index (χ0v) is 8.06. The van der Waals surface area contributed by atoms with Gasteiger partial charge < -0.3 is 5.73 Å². The summed E-state index contributed by atoms with van der Waals surface area (Å²) >= 11 is 0. The molecular weight excluding hydrogens is 207 g/mol. The molecule has 1 rings (SSSR count). The van der Waals surface area contributed by atoms with E-state index < -0.39 is 18.5 Å². The number of carbonyl (C=O) groups is 1. The number of hydrogen-bond donors (Lipinski definition) is 1. The molecular formula is C10H10F3NO. The molecule has 0 aliphatic heterocycles. The highest BCUT2D eigenvalue weighted by Crippen LogP contribution is 2.24. The van der Waals surface area contributed by atoms with Crippen LogP contribution in [0.15, 0.2) is 18.2 Å². The van der Waals surface area contributed by atoms with Crippen LogP contribution in [-0.4, -0.2) is 12.1 Å². The lowest BCUT2D eigenvalue weighted by atomic mass is 10.0. The molecule has 2 nitrogen and oxygen atoms in total. The summed E-state index contributed by atoms with van der Waals surface area (Å²) in [7, 11) is 0. The molecule has 0 aromatic heterocycles. The maximum atomic E-state index is 12.2. The molecule has 0 unspecified atom stereocenters. The Morgan fingerprint density at radius 1 is 1.40 bits per heavy atom. The number of primary amides is 1. The normalized spacial score (nSPS) is 11.5. The maximum absolute atomic E-state index is 12.2. The van der Waals surface area contributed by atoms with Gasteiger partial charge in [0.2, 0.25) is 5.91 Å². The van der Waals surface area contributed by atoms with Crippen LogP contribution in [0.25, 0.3) is 0 Å². The van der Waals surface area contributed by atoms with Gasteiger partial charge in [0.1, 0.15) is 0 Å². The van der Waals surface area contributed by atoms with Gasteiger partial charge in [-0.15, -0.1) is 0 Å². The summed E-state index contributed by atoms with van der Waals surface area (Å²) in [5, 5.41) is 0. The van der Waals surface area contributed by atoms with E-state index in [9.17, 15) is 18.0 Å². The summed E-state index contributed by atoms with van der Waals surface area (Å²) in [5.41, 5.74) is 5.50. The summed E-state index contributed by atoms with van der Waals surface area (Å²) < 4.78 is 36.5. The van der Waals surface area contributed by atoms with Crippen LogP contribution in [0, 0.1) is 6.92 Å². The molecule has 0 saturated heterocycles. The molecule has 15 heavy (non-hydrogen) atoms. The molecule has 0 fully saturated rings. The predicted molar refractivity (Wildman–Crippen MR) is 49.5 cm³/mol. The Morgan fingerprint density at radius 2 is 2.00 bits per heavy atom. The van der Waals surface area contributed by atoms with Gasteiger partial charge in [-0.1, -0.05) is 17.7 Å². The van der Waals surface area contributed by atoms with Crippen LogP contribution < -0.4 is 5.73 Å². The first-order valence-corrected chi connectivity index (χ1v) is 4.25. The van der Waals surface area contributed by atoms with Crippen LogP contribution >= 0.6 is 0 Å². The van der Waals surface area contributed by atoms with Crippen molar-refractivity contribution in [3.8, 4) is 0 Å². The van der Waals surface area contributed by atoms with Gasteiger partial charge in [-0.2, -0.15) is 13.2 Å². The quantitative estimate of drug-likeness (QED) is 0.810. The van der Waals surface area contributed by atoms with Gasteiger partial charge in [0.25, 0.3) is 0 Å². The summed E-state index contributed by atoms with van der Waals surface area (Å²) in [5.74, 6) is -0.839. The lowest BCUT2D eigenvalue weighted by Crippen LogP contribution is -2.18. The third-order valence-corrected chi connectivity index (χ3v) is 1.92. The molecule has 2 N–H and O–H groups in total. The highest BCUT2D eigenvalue weighted by Gasteiger charge is 2.29. The average Bonchev–Trinajstić information content (AvgIpc) is 1.99. The van der Waals surface area contributed by atoms with Crippen molar-refractivity contribution in [2.75, 3.05) is 0 Å². The van der Waals surface area contributed by atoms with Crippen LogP contribution in [0.5, 0.6) is 0 Å². The fourth-order valence-electron chi connectivity index (χ4n) is 1.33. The van der Waals surface area contributed by atoms with Crippen LogP contribution in [0.2, 0.25) is 0 Å². The minimum atomic E-state index is -4.34. The van der Waals surface area contributed by atoms with Gasteiger partial charge in [0.05, 0.1) is 6.42 Å². The highest BCUT2D eigenvalue weighted by atomic mass is 19.4. The number of alkyl halides is 3. The van der Waals surface area contributed by atoms with Crippen LogP contribution in [0.4, 0.5) is 13.2 Å². The Balaban J connectivity index is 3.13. The minimum absolute atomic E-state index is 0.0714. The minimum Gasteiger partial charge on any atom is -0.366 e. The summed E-state index contributed by atoms with van der Waals surface area (Å²) in [6.07, 6.45) is -5.47. The Morgan fingerprint density at radius 3 is 2.47 bits per heavy atom. The van der Waals surface area contributed by atoms with E-state index in [1.165, 1.54) is 12.1 Å². The van der Waals surface area contributed by atoms with Gasteiger partial charge in [0, 0.05) is 5.56 Å². The smallest absolute Gasteiger partial charge is 0.366 e. The van der Waals surface area contributed by atoms with Gasteiger partial charge in [-0.3, -0.25) is 4.79 Å². The largest absolute Gasteiger partial charge is 0.393 e. The van der Waals surface area contributed by atoms with Crippen LogP contribution in [0.3, 0.4) is 0 Å². The van der Waals surface area contributed by atoms with Crippen LogP contribution in [-0.2, 0) is 6.42 Å². The third-order valence-electron chi connectivity index (χ3n) is 1.92. The molecule has 1 amide bonds. The number of halogens is 3. The van der Waals surface area contributed by atoms with Crippen molar-refractivity contribution in [2.45, 2.75) is 19.5 Å². The Hall–Kier alpha value is -1.52. The molecule has 0 aliphatic carbocycles. The Labute approximate surface area is 84.9 Å².